The molecule has 0 unspecified atom stereocenters. The highest BCUT2D eigenvalue weighted by Gasteiger charge is 2.16. The Balaban J connectivity index is 1.90. The van der Waals surface area contributed by atoms with Crippen LogP contribution in [0.2, 0.25) is 0 Å². The zero-order chi connectivity index (χ0) is 16.4. The number of aromatic nitrogens is 3. The van der Waals surface area contributed by atoms with E-state index >= 15 is 0 Å². The zero-order valence-electron chi connectivity index (χ0n) is 11.8. The van der Waals surface area contributed by atoms with Crippen LogP contribution in [-0.4, -0.2) is 20.7 Å². The van der Waals surface area contributed by atoms with E-state index in [0.717, 1.165) is 11.6 Å². The minimum atomic E-state index is -1.27. The Kier molecular flexibility index (Phi) is 3.92. The van der Waals surface area contributed by atoms with E-state index in [4.69, 9.17) is 0 Å². The monoisotopic (exact) mass is 315 g/mol. The minimum Gasteiger partial charge on any atom is -0.303 e. The molecule has 0 radical (unpaired) electrons. The molecular formula is C16H11F2N3O2. The molecule has 1 aromatic carbocycles. The lowest BCUT2D eigenvalue weighted by molar-refractivity contribution is 0.0973. The van der Waals surface area contributed by atoms with Crippen molar-refractivity contribution in [3.8, 4) is 0 Å². The van der Waals surface area contributed by atoms with Gasteiger partial charge in [-0.2, -0.15) is 0 Å². The molecule has 2 heterocycles. The highest BCUT2D eigenvalue weighted by molar-refractivity contribution is 5.94. The van der Waals surface area contributed by atoms with Crippen LogP contribution in [-0.2, 0) is 6.42 Å². The molecule has 0 aliphatic heterocycles. The van der Waals surface area contributed by atoms with E-state index in [1.807, 2.05) is 0 Å². The highest BCUT2D eigenvalue weighted by Crippen LogP contribution is 2.15. The van der Waals surface area contributed by atoms with Gasteiger partial charge in [0.2, 0.25) is 0 Å². The Morgan fingerprint density at radius 1 is 1.13 bits per heavy atom. The molecule has 0 aliphatic carbocycles. The van der Waals surface area contributed by atoms with Gasteiger partial charge in [-0.15, -0.1) is 0 Å². The van der Waals surface area contributed by atoms with Gasteiger partial charge in [-0.05, 0) is 36.2 Å². The van der Waals surface area contributed by atoms with Gasteiger partial charge >= 0.3 is 0 Å². The number of benzene rings is 1. The Morgan fingerprint density at radius 2 is 1.87 bits per heavy atom. The zero-order valence-corrected chi connectivity index (χ0v) is 11.8. The van der Waals surface area contributed by atoms with Gasteiger partial charge in [0.25, 0.3) is 5.56 Å². The third-order valence-electron chi connectivity index (χ3n) is 3.42. The standard InChI is InChI=1S/C16H11F2N3O2/c17-10-2-3-11-13(14(10)18)16(23)21-15(20-11)12(22)4-1-9-5-7-19-8-6-9/h2-3,5-8H,1,4H2,(H,20,21,23). The van der Waals surface area contributed by atoms with Crippen molar-refractivity contribution in [1.82, 2.24) is 15.0 Å². The molecular weight excluding hydrogens is 304 g/mol. The van der Waals surface area contributed by atoms with E-state index in [0.29, 0.717) is 6.42 Å². The van der Waals surface area contributed by atoms with Gasteiger partial charge < -0.3 is 4.98 Å². The summed E-state index contributed by atoms with van der Waals surface area (Å²) < 4.78 is 26.8. The van der Waals surface area contributed by atoms with Crippen LogP contribution in [0.15, 0.2) is 41.5 Å². The predicted octanol–water partition coefficient (Wildman–Crippen LogP) is 2.41. The summed E-state index contributed by atoms with van der Waals surface area (Å²) in [6.07, 6.45) is 3.82. The fourth-order valence-corrected chi connectivity index (χ4v) is 2.23. The van der Waals surface area contributed by atoms with E-state index < -0.39 is 22.6 Å². The van der Waals surface area contributed by atoms with Crippen molar-refractivity contribution in [2.24, 2.45) is 0 Å². The Morgan fingerprint density at radius 3 is 2.61 bits per heavy atom. The average molecular weight is 315 g/mol. The number of fused-ring (bicyclic) bond motifs is 1. The predicted molar refractivity (Wildman–Crippen MR) is 79.2 cm³/mol. The van der Waals surface area contributed by atoms with Crippen LogP contribution >= 0.6 is 0 Å². The number of aryl methyl sites for hydroxylation is 1. The summed E-state index contributed by atoms with van der Waals surface area (Å²) in [5, 5.41) is -0.490. The Labute approximate surface area is 129 Å². The normalized spacial score (nSPS) is 10.9. The fourth-order valence-electron chi connectivity index (χ4n) is 2.23. The van der Waals surface area contributed by atoms with Gasteiger partial charge in [-0.1, -0.05) is 0 Å². The number of hydrogen-bond donors (Lipinski definition) is 1. The summed E-state index contributed by atoms with van der Waals surface area (Å²) in [5.41, 5.74) is -0.0104. The van der Waals surface area contributed by atoms with Crippen molar-refractivity contribution in [2.45, 2.75) is 12.8 Å². The summed E-state index contributed by atoms with van der Waals surface area (Å²) in [4.78, 5) is 34.1. The molecule has 0 saturated heterocycles. The molecule has 3 rings (SSSR count). The SMILES string of the molecule is O=C(CCc1ccncc1)c1nc2ccc(F)c(F)c2c(=O)[nH]1. The van der Waals surface area contributed by atoms with Gasteiger partial charge in [0.05, 0.1) is 5.52 Å². The van der Waals surface area contributed by atoms with E-state index in [9.17, 15) is 18.4 Å². The maximum absolute atomic E-state index is 13.6. The largest absolute Gasteiger partial charge is 0.303 e. The van der Waals surface area contributed by atoms with Crippen molar-refractivity contribution in [2.75, 3.05) is 0 Å². The van der Waals surface area contributed by atoms with Crippen molar-refractivity contribution in [3.05, 3.63) is 70.0 Å². The second kappa shape index (κ2) is 6.04. The number of nitrogens with one attached hydrogen (secondary N) is 1. The Hall–Kier alpha value is -2.96. The average Bonchev–Trinajstić information content (AvgIpc) is 2.56. The van der Waals surface area contributed by atoms with E-state index in [1.165, 1.54) is 6.07 Å². The summed E-state index contributed by atoms with van der Waals surface area (Å²) in [5.74, 6) is -2.96. The lowest BCUT2D eigenvalue weighted by Crippen LogP contribution is -2.17. The molecule has 0 fully saturated rings. The van der Waals surface area contributed by atoms with Crippen LogP contribution in [0.4, 0.5) is 8.78 Å². The summed E-state index contributed by atoms with van der Waals surface area (Å²) in [7, 11) is 0. The number of pyridine rings is 1. The number of carbonyl (C=O) groups is 1. The van der Waals surface area contributed by atoms with E-state index in [2.05, 4.69) is 15.0 Å². The van der Waals surface area contributed by atoms with Crippen LogP contribution in [0.5, 0.6) is 0 Å². The summed E-state index contributed by atoms with van der Waals surface area (Å²) in [6, 6.07) is 5.60. The quantitative estimate of drug-likeness (QED) is 0.750. The van der Waals surface area contributed by atoms with Crippen LogP contribution < -0.4 is 5.56 Å². The first-order chi connectivity index (χ1) is 11.1. The van der Waals surface area contributed by atoms with Crippen LogP contribution in [0.25, 0.3) is 10.9 Å². The van der Waals surface area contributed by atoms with Crippen molar-refractivity contribution in [1.29, 1.82) is 0 Å². The number of nitrogens with zero attached hydrogens (tertiary/aromatic N) is 2. The van der Waals surface area contributed by atoms with Gasteiger partial charge in [0.1, 0.15) is 5.39 Å². The molecule has 0 amide bonds. The smallest absolute Gasteiger partial charge is 0.262 e. The molecule has 2 aromatic heterocycles. The molecule has 0 spiro atoms. The number of aromatic amines is 1. The molecule has 0 bridgehead atoms. The summed E-state index contributed by atoms with van der Waals surface area (Å²) in [6.45, 7) is 0. The van der Waals surface area contributed by atoms with Crippen molar-refractivity contribution >= 4 is 16.7 Å². The van der Waals surface area contributed by atoms with Crippen molar-refractivity contribution < 1.29 is 13.6 Å². The van der Waals surface area contributed by atoms with Crippen LogP contribution in [0.3, 0.4) is 0 Å². The van der Waals surface area contributed by atoms with Gasteiger partial charge in [0.15, 0.2) is 23.2 Å². The topological polar surface area (TPSA) is 75.7 Å². The van der Waals surface area contributed by atoms with Gasteiger partial charge in [0, 0.05) is 18.8 Å². The fraction of sp³-hybridized carbons (Fsp3) is 0.125. The number of hydrogen-bond acceptors (Lipinski definition) is 4. The molecule has 7 heteroatoms. The number of H-pyrrole nitrogens is 1. The number of rotatable bonds is 4. The minimum absolute atomic E-state index is 0.0556. The number of ketones is 1. The van der Waals surface area contributed by atoms with Gasteiger partial charge in [-0.25, -0.2) is 13.8 Å². The highest BCUT2D eigenvalue weighted by atomic mass is 19.2. The first-order valence-corrected chi connectivity index (χ1v) is 6.86. The molecule has 0 aliphatic rings. The third-order valence-corrected chi connectivity index (χ3v) is 3.42. The van der Waals surface area contributed by atoms with Crippen LogP contribution in [0.1, 0.15) is 22.6 Å². The second-order valence-corrected chi connectivity index (χ2v) is 4.95. The van der Waals surface area contributed by atoms with Crippen LogP contribution in [0, 0.1) is 11.6 Å². The third kappa shape index (κ3) is 2.98. The maximum Gasteiger partial charge on any atom is 0.262 e. The van der Waals surface area contributed by atoms with Crippen molar-refractivity contribution in [3.63, 3.8) is 0 Å². The molecule has 1 N–H and O–H groups in total. The lowest BCUT2D eigenvalue weighted by atomic mass is 10.1. The number of carbonyl (C=O) groups excluding carboxylic acids is 1. The second-order valence-electron chi connectivity index (χ2n) is 4.95. The van der Waals surface area contributed by atoms with Gasteiger partial charge in [-0.3, -0.25) is 14.6 Å². The first kappa shape index (κ1) is 15.0. The maximum atomic E-state index is 13.6. The van der Waals surface area contributed by atoms with E-state index in [1.54, 1.807) is 24.5 Å². The van der Waals surface area contributed by atoms with E-state index in [-0.39, 0.29) is 23.5 Å². The molecule has 3 aromatic rings. The summed E-state index contributed by atoms with van der Waals surface area (Å²) >= 11 is 0. The molecule has 23 heavy (non-hydrogen) atoms. The number of Topliss-reactive ketones (excluding diaryl/α,β-unsaturated/α-hetero) is 1. The lowest BCUT2D eigenvalue weighted by Gasteiger charge is -2.04. The molecule has 5 nitrogen and oxygen atoms in total. The molecule has 116 valence electrons. The molecule has 0 saturated carbocycles. The number of halogens is 2. The Bertz CT molecular complexity index is 939. The first-order valence-electron chi connectivity index (χ1n) is 6.86. The molecule has 0 atom stereocenters.